The number of aromatic amines is 2. The SMILES string of the molecule is CC(C)Cc1[nH]c(=O)[nH]c(=O)c1C(=O)O. The average molecular weight is 212 g/mol. The standard InChI is InChI=1S/C9H12N2O4/c1-4(2)3-5-6(8(13)14)7(12)11-9(15)10-5/h4H,3H2,1-2H3,(H,13,14)(H2,10,11,12,15). The van der Waals surface area contributed by atoms with Crippen molar-refractivity contribution in [1.82, 2.24) is 9.97 Å². The van der Waals surface area contributed by atoms with Gasteiger partial charge < -0.3 is 10.1 Å². The molecule has 0 saturated carbocycles. The maximum absolute atomic E-state index is 11.2. The first-order chi connectivity index (χ1) is 6.91. The average Bonchev–Trinajstić information content (AvgIpc) is 1.99. The Morgan fingerprint density at radius 1 is 1.33 bits per heavy atom. The van der Waals surface area contributed by atoms with Crippen molar-refractivity contribution in [1.29, 1.82) is 0 Å². The van der Waals surface area contributed by atoms with Gasteiger partial charge in [-0.2, -0.15) is 0 Å². The highest BCUT2D eigenvalue weighted by molar-refractivity contribution is 5.88. The van der Waals surface area contributed by atoms with Gasteiger partial charge in [0.15, 0.2) is 0 Å². The molecule has 0 bridgehead atoms. The molecule has 0 aromatic carbocycles. The lowest BCUT2D eigenvalue weighted by Crippen LogP contribution is -2.31. The number of carboxylic acid groups (broad SMARTS) is 1. The smallest absolute Gasteiger partial charge is 0.343 e. The summed E-state index contributed by atoms with van der Waals surface area (Å²) in [6.45, 7) is 3.73. The number of nitrogens with one attached hydrogen (secondary N) is 2. The lowest BCUT2D eigenvalue weighted by atomic mass is 10.0. The van der Waals surface area contributed by atoms with Crippen molar-refractivity contribution in [3.63, 3.8) is 0 Å². The van der Waals surface area contributed by atoms with Gasteiger partial charge >= 0.3 is 11.7 Å². The zero-order valence-corrected chi connectivity index (χ0v) is 8.46. The van der Waals surface area contributed by atoms with Crippen molar-refractivity contribution in [2.24, 2.45) is 5.92 Å². The Hall–Kier alpha value is -1.85. The fourth-order valence-electron chi connectivity index (χ4n) is 1.32. The summed E-state index contributed by atoms with van der Waals surface area (Å²) in [6, 6.07) is 0. The maximum atomic E-state index is 11.2. The molecule has 15 heavy (non-hydrogen) atoms. The number of carbonyl (C=O) groups is 1. The van der Waals surface area contributed by atoms with Crippen molar-refractivity contribution in [2.75, 3.05) is 0 Å². The lowest BCUT2D eigenvalue weighted by molar-refractivity contribution is 0.0692. The minimum atomic E-state index is -1.33. The third-order valence-corrected chi connectivity index (χ3v) is 1.85. The second-order valence-electron chi connectivity index (χ2n) is 3.66. The molecule has 1 heterocycles. The molecule has 3 N–H and O–H groups in total. The molecule has 0 saturated heterocycles. The molecule has 0 unspecified atom stereocenters. The van der Waals surface area contributed by atoms with Gasteiger partial charge in [0.25, 0.3) is 5.56 Å². The van der Waals surface area contributed by atoms with E-state index in [-0.39, 0.29) is 17.2 Å². The zero-order chi connectivity index (χ0) is 11.6. The lowest BCUT2D eigenvalue weighted by Gasteiger charge is -2.06. The van der Waals surface area contributed by atoms with Gasteiger partial charge in [-0.3, -0.25) is 9.78 Å². The van der Waals surface area contributed by atoms with E-state index in [4.69, 9.17) is 5.11 Å². The molecule has 0 atom stereocenters. The van der Waals surface area contributed by atoms with Crippen LogP contribution in [0.1, 0.15) is 29.9 Å². The van der Waals surface area contributed by atoms with E-state index in [1.165, 1.54) is 0 Å². The van der Waals surface area contributed by atoms with Crippen LogP contribution in [0, 0.1) is 5.92 Å². The molecule has 0 radical (unpaired) electrons. The van der Waals surface area contributed by atoms with Crippen LogP contribution in [0.2, 0.25) is 0 Å². The third-order valence-electron chi connectivity index (χ3n) is 1.85. The first-order valence-electron chi connectivity index (χ1n) is 4.50. The highest BCUT2D eigenvalue weighted by atomic mass is 16.4. The Morgan fingerprint density at radius 2 is 1.93 bits per heavy atom. The van der Waals surface area contributed by atoms with Crippen LogP contribution < -0.4 is 11.2 Å². The van der Waals surface area contributed by atoms with Crippen LogP contribution >= 0.6 is 0 Å². The number of aromatic nitrogens is 2. The van der Waals surface area contributed by atoms with Crippen LogP contribution in [-0.4, -0.2) is 21.0 Å². The topological polar surface area (TPSA) is 103 Å². The summed E-state index contributed by atoms with van der Waals surface area (Å²) >= 11 is 0. The van der Waals surface area contributed by atoms with Crippen LogP contribution in [-0.2, 0) is 6.42 Å². The first kappa shape index (κ1) is 11.2. The Morgan fingerprint density at radius 3 is 2.40 bits per heavy atom. The molecule has 0 aliphatic carbocycles. The summed E-state index contributed by atoms with van der Waals surface area (Å²) in [4.78, 5) is 37.2. The highest BCUT2D eigenvalue weighted by Crippen LogP contribution is 2.06. The van der Waals surface area contributed by atoms with Gasteiger partial charge in [-0.25, -0.2) is 9.59 Å². The van der Waals surface area contributed by atoms with Crippen LogP contribution in [0.5, 0.6) is 0 Å². The van der Waals surface area contributed by atoms with E-state index >= 15 is 0 Å². The number of hydrogen-bond donors (Lipinski definition) is 3. The molecule has 0 amide bonds. The van der Waals surface area contributed by atoms with Crippen molar-refractivity contribution in [3.8, 4) is 0 Å². The second kappa shape index (κ2) is 4.12. The number of carboxylic acids is 1. The Labute approximate surface area is 85.0 Å². The monoisotopic (exact) mass is 212 g/mol. The van der Waals surface area contributed by atoms with E-state index in [2.05, 4.69) is 4.98 Å². The van der Waals surface area contributed by atoms with Crippen LogP contribution in [0.3, 0.4) is 0 Å². The largest absolute Gasteiger partial charge is 0.477 e. The van der Waals surface area contributed by atoms with Gasteiger partial charge in [0.05, 0.1) is 0 Å². The van der Waals surface area contributed by atoms with Crippen molar-refractivity contribution < 1.29 is 9.90 Å². The number of rotatable bonds is 3. The maximum Gasteiger partial charge on any atom is 0.343 e. The number of aromatic carboxylic acids is 1. The van der Waals surface area contributed by atoms with E-state index in [1.807, 2.05) is 18.8 Å². The molecular weight excluding hydrogens is 200 g/mol. The normalized spacial score (nSPS) is 10.6. The van der Waals surface area contributed by atoms with Gasteiger partial charge in [-0.05, 0) is 12.3 Å². The van der Waals surface area contributed by atoms with Gasteiger partial charge in [0, 0.05) is 5.69 Å². The van der Waals surface area contributed by atoms with Gasteiger partial charge in [-0.15, -0.1) is 0 Å². The fourth-order valence-corrected chi connectivity index (χ4v) is 1.32. The summed E-state index contributed by atoms with van der Waals surface area (Å²) in [7, 11) is 0. The fraction of sp³-hybridized carbons (Fsp3) is 0.444. The van der Waals surface area contributed by atoms with Crippen molar-refractivity contribution in [2.45, 2.75) is 20.3 Å². The highest BCUT2D eigenvalue weighted by Gasteiger charge is 2.16. The van der Waals surface area contributed by atoms with E-state index in [0.29, 0.717) is 6.42 Å². The zero-order valence-electron chi connectivity index (χ0n) is 8.46. The molecule has 0 aliphatic rings. The van der Waals surface area contributed by atoms with Crippen molar-refractivity contribution >= 4 is 5.97 Å². The van der Waals surface area contributed by atoms with E-state index < -0.39 is 17.2 Å². The van der Waals surface area contributed by atoms with Gasteiger partial charge in [0.1, 0.15) is 5.56 Å². The summed E-state index contributed by atoms with van der Waals surface area (Å²) in [5.41, 5.74) is -1.75. The summed E-state index contributed by atoms with van der Waals surface area (Å²) < 4.78 is 0. The van der Waals surface area contributed by atoms with E-state index in [9.17, 15) is 14.4 Å². The molecule has 1 rings (SSSR count). The van der Waals surface area contributed by atoms with Crippen LogP contribution in [0.15, 0.2) is 9.59 Å². The molecule has 0 aliphatic heterocycles. The summed E-state index contributed by atoms with van der Waals surface area (Å²) in [5, 5.41) is 8.81. The van der Waals surface area contributed by atoms with Crippen LogP contribution in [0.4, 0.5) is 0 Å². The minimum Gasteiger partial charge on any atom is -0.477 e. The Balaban J connectivity index is 3.40. The predicted octanol–water partition coefficient (Wildman–Crippen LogP) is -0.0401. The molecule has 0 spiro atoms. The molecule has 82 valence electrons. The second-order valence-corrected chi connectivity index (χ2v) is 3.66. The molecule has 6 nitrogen and oxygen atoms in total. The minimum absolute atomic E-state index is 0.153. The molecular formula is C9H12N2O4. The predicted molar refractivity (Wildman–Crippen MR) is 53.2 cm³/mol. The number of hydrogen-bond acceptors (Lipinski definition) is 3. The van der Waals surface area contributed by atoms with Crippen molar-refractivity contribution in [3.05, 3.63) is 32.1 Å². The summed E-state index contributed by atoms with van der Waals surface area (Å²) in [5.74, 6) is -1.18. The summed E-state index contributed by atoms with van der Waals surface area (Å²) in [6.07, 6.45) is 0.348. The van der Waals surface area contributed by atoms with Gasteiger partial charge in [0.2, 0.25) is 0 Å². The van der Waals surface area contributed by atoms with Gasteiger partial charge in [-0.1, -0.05) is 13.8 Å². The quantitative estimate of drug-likeness (QED) is 0.654. The third kappa shape index (κ3) is 2.55. The molecule has 0 fully saturated rings. The Kier molecular flexibility index (Phi) is 3.08. The number of H-pyrrole nitrogens is 2. The van der Waals surface area contributed by atoms with Crippen LogP contribution in [0.25, 0.3) is 0 Å². The van der Waals surface area contributed by atoms with E-state index in [1.54, 1.807) is 0 Å². The molecule has 6 heteroatoms. The Bertz CT molecular complexity index is 484. The first-order valence-corrected chi connectivity index (χ1v) is 4.50. The molecule has 1 aromatic rings. The molecule has 1 aromatic heterocycles. The van der Waals surface area contributed by atoms with E-state index in [0.717, 1.165) is 0 Å².